The first-order chi connectivity index (χ1) is 28.9. The molecule has 23 heteroatoms. The highest BCUT2D eigenvalue weighted by molar-refractivity contribution is 6.31. The maximum atomic E-state index is 12.7. The molecule has 2 amide bonds. The number of pyridine rings is 1. The maximum absolute atomic E-state index is 12.7. The molecule has 338 valence electrons. The van der Waals surface area contributed by atoms with Crippen molar-refractivity contribution in [3.8, 4) is 11.1 Å². The normalized spacial score (nSPS) is 15.5. The average molecular weight is 881 g/mol. The van der Waals surface area contributed by atoms with Gasteiger partial charge in [-0.15, -0.1) is 0 Å². The van der Waals surface area contributed by atoms with E-state index in [0.717, 1.165) is 36.0 Å². The van der Waals surface area contributed by atoms with Crippen LogP contribution in [0.2, 0.25) is 5.15 Å². The lowest BCUT2D eigenvalue weighted by molar-refractivity contribution is -0.130. The molecule has 61 heavy (non-hydrogen) atoms. The number of anilines is 2. The Morgan fingerprint density at radius 2 is 1.30 bits per heavy atom. The number of nitrogens with one attached hydrogen (secondary N) is 4. The number of amides is 2. The van der Waals surface area contributed by atoms with Gasteiger partial charge in [-0.05, 0) is 42.9 Å². The Morgan fingerprint density at radius 1 is 0.721 bits per heavy atom. The van der Waals surface area contributed by atoms with Gasteiger partial charge in [-0.25, -0.2) is 9.97 Å². The van der Waals surface area contributed by atoms with Crippen molar-refractivity contribution >= 4 is 41.0 Å². The first-order valence-electron chi connectivity index (χ1n) is 19.4. The lowest BCUT2D eigenvalue weighted by atomic mass is 10.0. The topological polar surface area (TPSA) is 390 Å². The fraction of sp³-hybridized carbons (Fsp3) is 0.526. The summed E-state index contributed by atoms with van der Waals surface area (Å²) in [4.78, 5) is 38.4. The first kappa shape index (κ1) is 50.7. The zero-order valence-electron chi connectivity index (χ0n) is 33.3. The monoisotopic (exact) mass is 880 g/mol. The predicted molar refractivity (Wildman–Crippen MR) is 222 cm³/mol. The third kappa shape index (κ3) is 16.3. The molecule has 8 atom stereocenters. The van der Waals surface area contributed by atoms with Crippen molar-refractivity contribution in [3.05, 3.63) is 64.7 Å². The molecular formula is C38H57ClN10O12. The summed E-state index contributed by atoms with van der Waals surface area (Å²) in [7, 11) is 0. The lowest BCUT2D eigenvalue weighted by Crippen LogP contribution is -2.54. The molecule has 0 aliphatic heterocycles. The van der Waals surface area contributed by atoms with Crippen LogP contribution < -0.4 is 27.4 Å². The standard InChI is InChI=1S/C38H57ClN10O12/c39-34-36(41)47-35(40)29(46-34)37(61)48-38(42)44-12-2-1-3-20-4-6-21(7-5-20)22-8-9-23(45-15-22)10-11-28(56)43-13-14-49(16-24(52)30(57)32(59)26(54)18-50)17-25(53)31(58)33(60)27(55)19-51/h4-9,15,24-27,30-33,50-55,57-60H,1-3,10-14,16-19H2,(H,43,56)(H4,40,41,47)(H3,42,44,48,61). The van der Waals surface area contributed by atoms with Crippen LogP contribution in [0.25, 0.3) is 11.1 Å². The molecular weight excluding hydrogens is 824 g/mol. The van der Waals surface area contributed by atoms with E-state index >= 15 is 0 Å². The van der Waals surface area contributed by atoms with Crippen molar-refractivity contribution in [2.75, 3.05) is 57.4 Å². The summed E-state index contributed by atoms with van der Waals surface area (Å²) in [5, 5.41) is 115. The summed E-state index contributed by atoms with van der Waals surface area (Å²) in [6, 6.07) is 11.7. The summed E-state index contributed by atoms with van der Waals surface area (Å²) in [5.74, 6) is -1.64. The number of carbonyl (C=O) groups is 2. The van der Waals surface area contributed by atoms with E-state index in [1.54, 1.807) is 6.20 Å². The summed E-state index contributed by atoms with van der Waals surface area (Å²) in [5.41, 5.74) is 14.5. The van der Waals surface area contributed by atoms with Crippen LogP contribution in [0.3, 0.4) is 0 Å². The van der Waals surface area contributed by atoms with Gasteiger partial charge in [0.1, 0.15) is 36.6 Å². The Morgan fingerprint density at radius 3 is 1.85 bits per heavy atom. The van der Waals surface area contributed by atoms with Crippen molar-refractivity contribution in [3.63, 3.8) is 0 Å². The second-order valence-electron chi connectivity index (χ2n) is 14.3. The van der Waals surface area contributed by atoms with Gasteiger partial charge in [0.05, 0.1) is 25.4 Å². The Labute approximate surface area is 356 Å². The predicted octanol–water partition coefficient (Wildman–Crippen LogP) is -4.14. The van der Waals surface area contributed by atoms with Crippen molar-refractivity contribution < 1.29 is 60.7 Å². The number of rotatable bonds is 25. The van der Waals surface area contributed by atoms with Crippen molar-refractivity contribution in [2.24, 2.45) is 0 Å². The molecule has 0 radical (unpaired) electrons. The number of benzene rings is 1. The number of hydrogen-bond donors (Lipinski definition) is 16. The Bertz CT molecular complexity index is 1800. The maximum Gasteiger partial charge on any atom is 0.280 e. The summed E-state index contributed by atoms with van der Waals surface area (Å²) in [6.07, 6.45) is -10.3. The fourth-order valence-electron chi connectivity index (χ4n) is 5.91. The number of unbranched alkanes of at least 4 members (excludes halogenated alkanes) is 1. The Balaban J connectivity index is 1.42. The van der Waals surface area contributed by atoms with Crippen LogP contribution in [0, 0.1) is 5.41 Å². The summed E-state index contributed by atoms with van der Waals surface area (Å²) < 4.78 is 0. The van der Waals surface area contributed by atoms with E-state index in [1.165, 1.54) is 4.90 Å². The highest BCUT2D eigenvalue weighted by Crippen LogP contribution is 2.21. The molecule has 8 unspecified atom stereocenters. The number of nitrogens with two attached hydrogens (primary N) is 2. The van der Waals surface area contributed by atoms with E-state index in [2.05, 4.69) is 30.9 Å². The Hall–Kier alpha value is -4.69. The number of aromatic nitrogens is 3. The van der Waals surface area contributed by atoms with Crippen LogP contribution in [0.15, 0.2) is 42.6 Å². The number of nitrogen functional groups attached to an aromatic ring is 2. The third-order valence-corrected chi connectivity index (χ3v) is 9.84. The first-order valence-corrected chi connectivity index (χ1v) is 19.7. The van der Waals surface area contributed by atoms with E-state index in [-0.39, 0.29) is 53.9 Å². The molecule has 2 heterocycles. The largest absolute Gasteiger partial charge is 0.394 e. The van der Waals surface area contributed by atoms with Gasteiger partial charge in [0, 0.05) is 56.6 Å². The van der Waals surface area contributed by atoms with Crippen LogP contribution in [-0.4, -0.2) is 183 Å². The van der Waals surface area contributed by atoms with Gasteiger partial charge in [0.15, 0.2) is 28.4 Å². The number of nitrogens with zero attached hydrogens (tertiary/aromatic N) is 4. The number of hydrogen-bond acceptors (Lipinski definition) is 19. The average Bonchev–Trinajstić information content (AvgIpc) is 3.25. The van der Waals surface area contributed by atoms with Crippen LogP contribution in [0.5, 0.6) is 0 Å². The van der Waals surface area contributed by atoms with Crippen molar-refractivity contribution in [1.29, 1.82) is 5.41 Å². The van der Waals surface area contributed by atoms with Gasteiger partial charge in [-0.1, -0.05) is 41.9 Å². The minimum atomic E-state index is -1.93. The molecule has 0 spiro atoms. The Kier molecular flexibility index (Phi) is 21.0. The molecule has 3 rings (SSSR count). The zero-order valence-corrected chi connectivity index (χ0v) is 34.0. The van der Waals surface area contributed by atoms with E-state index in [4.69, 9.17) is 38.7 Å². The molecule has 0 bridgehead atoms. The van der Waals surface area contributed by atoms with Crippen molar-refractivity contribution in [2.45, 2.75) is 80.9 Å². The second-order valence-corrected chi connectivity index (χ2v) is 14.6. The number of aryl methyl sites for hydroxylation is 2. The zero-order chi connectivity index (χ0) is 45.2. The molecule has 0 aliphatic carbocycles. The van der Waals surface area contributed by atoms with Crippen LogP contribution in [0.4, 0.5) is 11.6 Å². The fourth-order valence-corrected chi connectivity index (χ4v) is 6.04. The smallest absolute Gasteiger partial charge is 0.280 e. The minimum absolute atomic E-state index is 0.0350. The van der Waals surface area contributed by atoms with Crippen LogP contribution in [-0.2, 0) is 17.6 Å². The van der Waals surface area contributed by atoms with Gasteiger partial charge in [0.25, 0.3) is 5.91 Å². The SMILES string of the molecule is N=C(NCCCCc1ccc(-c2ccc(CCC(=O)NCCN(CC(O)C(O)C(O)C(O)CO)CC(O)C(O)C(O)C(O)CO)nc2)cc1)NC(=O)c1nc(Cl)c(N)nc1N. The van der Waals surface area contributed by atoms with Gasteiger partial charge in [-0.3, -0.25) is 30.2 Å². The van der Waals surface area contributed by atoms with Gasteiger partial charge < -0.3 is 73.2 Å². The van der Waals surface area contributed by atoms with E-state index in [9.17, 15) is 50.4 Å². The molecule has 22 nitrogen and oxygen atoms in total. The molecule has 2 aromatic heterocycles. The summed E-state index contributed by atoms with van der Waals surface area (Å²) in [6.45, 7) is -2.37. The van der Waals surface area contributed by atoms with Gasteiger partial charge in [-0.2, -0.15) is 0 Å². The van der Waals surface area contributed by atoms with Crippen LogP contribution >= 0.6 is 11.6 Å². The molecule has 18 N–H and O–H groups in total. The third-order valence-electron chi connectivity index (χ3n) is 9.56. The van der Waals surface area contributed by atoms with Crippen LogP contribution in [0.1, 0.15) is 41.0 Å². The minimum Gasteiger partial charge on any atom is -0.394 e. The molecule has 0 fully saturated rings. The summed E-state index contributed by atoms with van der Waals surface area (Å²) >= 11 is 5.81. The molecule has 1 aromatic carbocycles. The molecule has 0 saturated carbocycles. The second kappa shape index (κ2) is 25.3. The van der Waals surface area contributed by atoms with Crippen molar-refractivity contribution in [1.82, 2.24) is 35.8 Å². The number of carbonyl (C=O) groups excluding carboxylic acids is 2. The number of guanidine groups is 1. The van der Waals surface area contributed by atoms with E-state index < -0.39 is 81.0 Å². The van der Waals surface area contributed by atoms with E-state index in [0.29, 0.717) is 18.7 Å². The number of halogens is 1. The highest BCUT2D eigenvalue weighted by Gasteiger charge is 2.34. The number of aliphatic hydroxyl groups is 10. The molecule has 3 aromatic rings. The van der Waals surface area contributed by atoms with Gasteiger partial charge >= 0.3 is 0 Å². The number of aliphatic hydroxyl groups excluding tert-OH is 10. The van der Waals surface area contributed by atoms with Gasteiger partial charge in [0.2, 0.25) is 5.91 Å². The molecule has 0 aliphatic rings. The van der Waals surface area contributed by atoms with E-state index in [1.807, 2.05) is 36.4 Å². The molecule has 0 saturated heterocycles. The quantitative estimate of drug-likeness (QED) is 0.0218. The highest BCUT2D eigenvalue weighted by atomic mass is 35.5. The lowest BCUT2D eigenvalue weighted by Gasteiger charge is -2.33.